The Kier molecular flexibility index (Phi) is 8.50. The van der Waals surface area contributed by atoms with Crippen molar-refractivity contribution in [2.24, 2.45) is 0 Å². The second-order valence-electron chi connectivity index (χ2n) is 10.5. The fourth-order valence-electron chi connectivity index (χ4n) is 5.03. The molecule has 0 radical (unpaired) electrons. The molecule has 0 amide bonds. The molecule has 0 aromatic heterocycles. The van der Waals surface area contributed by atoms with Crippen molar-refractivity contribution < 1.29 is 79.9 Å². The molecular weight excluding hydrogens is 580 g/mol. The van der Waals surface area contributed by atoms with Crippen LogP contribution in [0.1, 0.15) is 24.2 Å². The van der Waals surface area contributed by atoms with Gasteiger partial charge in [-0.3, -0.25) is 0 Å². The molecule has 2 aromatic rings. The van der Waals surface area contributed by atoms with Gasteiger partial charge in [-0.25, -0.2) is 0 Å². The van der Waals surface area contributed by atoms with Crippen LogP contribution >= 0.6 is 0 Å². The monoisotopic (exact) mass is 613 g/mol. The molecule has 16 heteroatoms. The van der Waals surface area contributed by atoms with Crippen LogP contribution in [0.15, 0.2) is 30.0 Å². The van der Waals surface area contributed by atoms with Crippen molar-refractivity contribution in [3.63, 3.8) is 0 Å². The lowest BCUT2D eigenvalue weighted by atomic mass is 9.98. The largest absolute Gasteiger partial charge is 0.571 e. The van der Waals surface area contributed by atoms with Crippen molar-refractivity contribution >= 4 is 6.08 Å². The van der Waals surface area contributed by atoms with E-state index in [1.165, 1.54) is 19.1 Å². The summed E-state index contributed by atoms with van der Waals surface area (Å²) in [6, 6.07) is 4.42. The van der Waals surface area contributed by atoms with Gasteiger partial charge in [-0.05, 0) is 19.1 Å². The van der Waals surface area contributed by atoms with Crippen LogP contribution in [0.5, 0.6) is 34.5 Å². The first kappa shape index (κ1) is 30.9. The standard InChI is InChI=1S/C27H32O16/c1-8-18(32)21(35)23(37)26(40-8)39-7-17-20(34)22(36)24(38)27(43-17)42-16-6-11-12(29)4-10(28)5-15(11)41-25(16)9-2-13(30)19(33)14(31)3-9/h2-6,8,17-18,20-38H,7H2,1H3/p+1/t8-,17-,18+,20+,21-,22+,23+,24-,25?,26-,27+/m0/s1. The summed E-state index contributed by atoms with van der Waals surface area (Å²) in [5.41, 5.74) is 0.150. The van der Waals surface area contributed by atoms with Crippen molar-refractivity contribution in [2.75, 3.05) is 6.61 Å². The fraction of sp³-hybridized carbons (Fsp3) is 0.481. The molecule has 2 saturated heterocycles. The van der Waals surface area contributed by atoms with Gasteiger partial charge >= 0.3 is 0 Å². The van der Waals surface area contributed by atoms with Crippen LogP contribution in [0, 0.1) is 0 Å². The predicted octanol–water partition coefficient (Wildman–Crippen LogP) is -1.78. The lowest BCUT2D eigenvalue weighted by Crippen LogP contribution is -2.61. The lowest BCUT2D eigenvalue weighted by molar-refractivity contribution is -0.325. The van der Waals surface area contributed by atoms with E-state index < -0.39 is 97.1 Å². The van der Waals surface area contributed by atoms with Gasteiger partial charge in [0.2, 0.25) is 6.29 Å². The minimum Gasteiger partial charge on any atom is -0.571 e. The highest BCUT2D eigenvalue weighted by atomic mass is 16.7. The summed E-state index contributed by atoms with van der Waals surface area (Å²) in [7, 11) is 0. The Morgan fingerprint density at radius 1 is 0.721 bits per heavy atom. The first-order valence-electron chi connectivity index (χ1n) is 13.2. The van der Waals surface area contributed by atoms with Gasteiger partial charge in [-0.1, -0.05) is 0 Å². The molecule has 0 saturated carbocycles. The quantitative estimate of drug-likeness (QED) is 0.127. The summed E-state index contributed by atoms with van der Waals surface area (Å²) < 4.78 is 26.8. The first-order chi connectivity index (χ1) is 20.3. The normalized spacial score (nSPS) is 35.9. The Labute approximate surface area is 243 Å². The number of phenols is 5. The van der Waals surface area contributed by atoms with Crippen LogP contribution in [0.3, 0.4) is 0 Å². The average Bonchev–Trinajstić information content (AvgIpc) is 2.96. The van der Waals surface area contributed by atoms with Gasteiger partial charge in [-0.15, -0.1) is 0 Å². The van der Waals surface area contributed by atoms with Gasteiger partial charge in [0, 0.05) is 12.1 Å². The lowest BCUT2D eigenvalue weighted by Gasteiger charge is -2.42. The minimum absolute atomic E-state index is 0.0663. The number of hydrogen-bond acceptors (Lipinski definition) is 15. The smallest absolute Gasteiger partial charge is 0.270 e. The molecule has 236 valence electrons. The molecule has 3 heterocycles. The van der Waals surface area contributed by atoms with Crippen LogP contribution in [-0.4, -0.2) is 129 Å². The number of benzene rings is 2. The van der Waals surface area contributed by atoms with Crippen LogP contribution in [0.4, 0.5) is 0 Å². The fourth-order valence-corrected chi connectivity index (χ4v) is 5.03. The van der Waals surface area contributed by atoms with E-state index in [0.717, 1.165) is 18.2 Å². The maximum Gasteiger partial charge on any atom is 0.270 e. The molecule has 5 rings (SSSR count). The molecule has 16 nitrogen and oxygen atoms in total. The van der Waals surface area contributed by atoms with Gasteiger partial charge in [-0.2, -0.15) is 0 Å². The highest BCUT2D eigenvalue weighted by Crippen LogP contribution is 2.47. The maximum atomic E-state index is 10.7. The minimum atomic E-state index is -1.85. The molecule has 1 unspecified atom stereocenters. The number of ether oxygens (including phenoxy) is 5. The number of phenolic OH excluding ortho intramolecular Hbond substituents is 5. The van der Waals surface area contributed by atoms with Crippen molar-refractivity contribution in [2.45, 2.75) is 74.4 Å². The molecule has 0 aliphatic carbocycles. The molecule has 12 N–H and O–H groups in total. The third-order valence-electron chi connectivity index (χ3n) is 7.51. The Morgan fingerprint density at radius 3 is 2.02 bits per heavy atom. The van der Waals surface area contributed by atoms with Crippen molar-refractivity contribution in [1.82, 2.24) is 0 Å². The topological polar surface area (TPSA) is 272 Å². The Hall–Kier alpha value is -3.58. The molecule has 3 aliphatic rings. The average molecular weight is 614 g/mol. The van der Waals surface area contributed by atoms with Crippen LogP contribution in [-0.2, 0) is 18.9 Å². The second kappa shape index (κ2) is 11.8. The molecule has 0 spiro atoms. The third-order valence-corrected chi connectivity index (χ3v) is 7.51. The molecule has 43 heavy (non-hydrogen) atoms. The van der Waals surface area contributed by atoms with E-state index in [4.69, 9.17) is 18.9 Å². The maximum absolute atomic E-state index is 10.7. The van der Waals surface area contributed by atoms with E-state index in [2.05, 4.69) is 4.74 Å². The summed E-state index contributed by atoms with van der Waals surface area (Å²) >= 11 is 0. The number of fused-ring (bicyclic) bond motifs is 1. The summed E-state index contributed by atoms with van der Waals surface area (Å²) in [5, 5.41) is 112. The second-order valence-corrected chi connectivity index (χ2v) is 10.5. The zero-order valence-electron chi connectivity index (χ0n) is 22.4. The van der Waals surface area contributed by atoms with Gasteiger partial charge in [0.15, 0.2) is 29.3 Å². The van der Waals surface area contributed by atoms with Gasteiger partial charge < -0.3 is 79.9 Å². The van der Waals surface area contributed by atoms with E-state index >= 15 is 0 Å². The van der Waals surface area contributed by atoms with Gasteiger partial charge in [0.25, 0.3) is 11.9 Å². The predicted molar refractivity (Wildman–Crippen MR) is 140 cm³/mol. The zero-order valence-corrected chi connectivity index (χ0v) is 22.4. The SMILES string of the molecule is C[C@@H]1O[C@H](OC[C@@H]2O[C@@H](OC3=Cc4c(O)cc(O)cc4[OH+]C3c3cc(O)c(O)c(O)c3)[C@@H](O)[C@H](O)[C@@H]2O)[C@H](O)[C@@H](O)[C@@H]1O. The van der Waals surface area contributed by atoms with E-state index in [0.29, 0.717) is 0 Å². The molecule has 0 bridgehead atoms. The van der Waals surface area contributed by atoms with E-state index in [-0.39, 0.29) is 28.4 Å². The number of aliphatic hydroxyl groups excluding tert-OH is 6. The van der Waals surface area contributed by atoms with Crippen molar-refractivity contribution in [3.8, 4) is 34.5 Å². The van der Waals surface area contributed by atoms with Crippen LogP contribution < -0.4 is 0 Å². The number of rotatable bonds is 6. The van der Waals surface area contributed by atoms with Crippen LogP contribution in [0.25, 0.3) is 6.08 Å². The van der Waals surface area contributed by atoms with E-state index in [9.17, 15) is 56.2 Å². The number of hydrogen-bond donors (Lipinski definition) is 11. The molecule has 11 atom stereocenters. The van der Waals surface area contributed by atoms with E-state index in [1.807, 2.05) is 0 Å². The third kappa shape index (κ3) is 5.84. The molecule has 2 aromatic carbocycles. The Bertz CT molecular complexity index is 1340. The summed E-state index contributed by atoms with van der Waals surface area (Å²) in [5.74, 6) is -2.97. The number of aromatic hydroxyl groups is 6. The summed E-state index contributed by atoms with van der Waals surface area (Å²) in [6.07, 6.45) is -15.4. The Balaban J connectivity index is 1.41. The summed E-state index contributed by atoms with van der Waals surface area (Å²) in [6.45, 7) is 0.897. The van der Waals surface area contributed by atoms with E-state index in [1.54, 1.807) is 0 Å². The number of aliphatic hydroxyl groups is 7. The molecule has 2 fully saturated rings. The van der Waals surface area contributed by atoms with Crippen molar-refractivity contribution in [1.29, 1.82) is 0 Å². The van der Waals surface area contributed by atoms with Crippen molar-refractivity contribution in [3.05, 3.63) is 41.2 Å². The van der Waals surface area contributed by atoms with Gasteiger partial charge in [0.05, 0.1) is 24.3 Å². The zero-order chi connectivity index (χ0) is 31.3. The summed E-state index contributed by atoms with van der Waals surface area (Å²) in [4.78, 5) is 0. The van der Waals surface area contributed by atoms with Gasteiger partial charge in [0.1, 0.15) is 59.8 Å². The first-order valence-corrected chi connectivity index (χ1v) is 13.2. The molecule has 3 aliphatic heterocycles. The Morgan fingerprint density at radius 2 is 1.35 bits per heavy atom. The molecular formula is C27H33O16+. The highest BCUT2D eigenvalue weighted by molar-refractivity contribution is 5.69. The highest BCUT2D eigenvalue weighted by Gasteiger charge is 2.48. The van der Waals surface area contributed by atoms with Crippen LogP contribution in [0.2, 0.25) is 0 Å².